The molecule has 1 unspecified atom stereocenters. The Hall–Kier alpha value is -1.59. The fraction of sp³-hybridized carbons (Fsp3) is 0.462. The zero-order valence-electron chi connectivity index (χ0n) is 10.7. The maximum Gasteiger partial charge on any atom is 0.337 e. The van der Waals surface area contributed by atoms with Gasteiger partial charge in [0.25, 0.3) is 0 Å². The van der Waals surface area contributed by atoms with E-state index < -0.39 is 17.7 Å². The van der Waals surface area contributed by atoms with Gasteiger partial charge in [0.05, 0.1) is 24.4 Å². The number of aromatic hydroxyl groups is 1. The summed E-state index contributed by atoms with van der Waals surface area (Å²) in [6, 6.07) is 4.23. The molecule has 1 atom stereocenters. The minimum absolute atomic E-state index is 0.0362. The van der Waals surface area contributed by atoms with Gasteiger partial charge >= 0.3 is 5.97 Å². The number of carbonyl (C=O) groups excluding carboxylic acids is 1. The van der Waals surface area contributed by atoms with Gasteiger partial charge in [-0.25, -0.2) is 4.79 Å². The highest BCUT2D eigenvalue weighted by molar-refractivity contribution is 5.89. The second kappa shape index (κ2) is 5.37. The van der Waals surface area contributed by atoms with E-state index in [9.17, 15) is 20.1 Å². The lowest BCUT2D eigenvalue weighted by Crippen LogP contribution is -2.37. The number of aliphatic hydroxyl groups is 2. The molecule has 18 heavy (non-hydrogen) atoms. The summed E-state index contributed by atoms with van der Waals surface area (Å²) in [6.45, 7) is 2.94. The molecule has 3 N–H and O–H groups in total. The van der Waals surface area contributed by atoms with Gasteiger partial charge in [0.15, 0.2) is 0 Å². The van der Waals surface area contributed by atoms with Crippen LogP contribution in [0.4, 0.5) is 0 Å². The summed E-state index contributed by atoms with van der Waals surface area (Å²) in [5.74, 6) is -0.556. The Morgan fingerprint density at radius 1 is 1.44 bits per heavy atom. The molecule has 0 fully saturated rings. The van der Waals surface area contributed by atoms with Crippen molar-refractivity contribution in [3.8, 4) is 5.75 Å². The molecule has 0 aliphatic heterocycles. The minimum atomic E-state index is -1.28. The van der Waals surface area contributed by atoms with Crippen molar-refractivity contribution in [2.45, 2.75) is 32.0 Å². The average molecular weight is 254 g/mol. The first kappa shape index (κ1) is 14.5. The van der Waals surface area contributed by atoms with Gasteiger partial charge in [-0.05, 0) is 37.6 Å². The standard InChI is InChI=1S/C13H18O5/c1-13(2,17)11(15)7-9-6-8(12(16)18-3)4-5-10(9)14/h4-6,11,14-15,17H,7H2,1-3H3. The molecular weight excluding hydrogens is 236 g/mol. The number of methoxy groups -OCH3 is 1. The Labute approximate surface area is 106 Å². The summed E-state index contributed by atoms with van der Waals surface area (Å²) < 4.78 is 4.57. The number of rotatable bonds is 4. The van der Waals surface area contributed by atoms with Gasteiger partial charge in [0.1, 0.15) is 5.75 Å². The molecule has 0 aliphatic rings. The van der Waals surface area contributed by atoms with Gasteiger partial charge in [0, 0.05) is 6.42 Å². The Kier molecular flexibility index (Phi) is 4.32. The third-order valence-electron chi connectivity index (χ3n) is 2.73. The third kappa shape index (κ3) is 3.45. The normalized spacial score (nSPS) is 13.2. The number of benzene rings is 1. The van der Waals surface area contributed by atoms with E-state index in [-0.39, 0.29) is 17.7 Å². The van der Waals surface area contributed by atoms with Gasteiger partial charge in [-0.15, -0.1) is 0 Å². The number of carbonyl (C=O) groups is 1. The van der Waals surface area contributed by atoms with Crippen LogP contribution in [0.25, 0.3) is 0 Å². The van der Waals surface area contributed by atoms with E-state index in [4.69, 9.17) is 0 Å². The molecule has 5 heteroatoms. The highest BCUT2D eigenvalue weighted by Gasteiger charge is 2.25. The molecular formula is C13H18O5. The number of hydrogen-bond donors (Lipinski definition) is 3. The van der Waals surface area contributed by atoms with E-state index in [1.807, 2.05) is 0 Å². The van der Waals surface area contributed by atoms with E-state index in [2.05, 4.69) is 4.74 Å². The van der Waals surface area contributed by atoms with E-state index in [1.165, 1.54) is 39.2 Å². The van der Waals surface area contributed by atoms with Crippen LogP contribution in [0.15, 0.2) is 18.2 Å². The lowest BCUT2D eigenvalue weighted by atomic mass is 9.94. The smallest absolute Gasteiger partial charge is 0.337 e. The summed E-state index contributed by atoms with van der Waals surface area (Å²) in [5, 5.41) is 29.1. The number of phenols is 1. The van der Waals surface area contributed by atoms with E-state index >= 15 is 0 Å². The SMILES string of the molecule is COC(=O)c1ccc(O)c(CC(O)C(C)(C)O)c1. The molecule has 0 bridgehead atoms. The zero-order valence-corrected chi connectivity index (χ0v) is 10.7. The predicted octanol–water partition coefficient (Wildman–Crippen LogP) is 0.853. The first-order valence-electron chi connectivity index (χ1n) is 5.56. The van der Waals surface area contributed by atoms with Gasteiger partial charge in [-0.3, -0.25) is 0 Å². The summed E-state index contributed by atoms with van der Waals surface area (Å²) in [4.78, 5) is 11.3. The summed E-state index contributed by atoms with van der Waals surface area (Å²) >= 11 is 0. The highest BCUT2D eigenvalue weighted by atomic mass is 16.5. The van der Waals surface area contributed by atoms with Gasteiger partial charge in [-0.1, -0.05) is 0 Å². The van der Waals surface area contributed by atoms with Crippen molar-refractivity contribution in [2.75, 3.05) is 7.11 Å². The van der Waals surface area contributed by atoms with Crippen LogP contribution in [0.2, 0.25) is 0 Å². The molecule has 100 valence electrons. The molecule has 0 saturated carbocycles. The summed E-state index contributed by atoms with van der Waals surface area (Å²) in [7, 11) is 1.26. The molecule has 0 aromatic heterocycles. The number of ether oxygens (including phenoxy) is 1. The molecule has 0 aliphatic carbocycles. The fourth-order valence-corrected chi connectivity index (χ4v) is 1.45. The number of hydrogen-bond acceptors (Lipinski definition) is 5. The zero-order chi connectivity index (χ0) is 13.9. The van der Waals surface area contributed by atoms with E-state index in [1.54, 1.807) is 0 Å². The summed E-state index contributed by atoms with van der Waals surface area (Å²) in [5.41, 5.74) is -0.617. The lowest BCUT2D eigenvalue weighted by Gasteiger charge is -2.24. The minimum Gasteiger partial charge on any atom is -0.508 e. The first-order valence-corrected chi connectivity index (χ1v) is 5.56. The first-order chi connectivity index (χ1) is 8.25. The quantitative estimate of drug-likeness (QED) is 0.693. The van der Waals surface area contributed by atoms with Gasteiger partial charge in [0.2, 0.25) is 0 Å². The van der Waals surface area contributed by atoms with Crippen molar-refractivity contribution < 1.29 is 24.9 Å². The molecule has 5 nitrogen and oxygen atoms in total. The van der Waals surface area contributed by atoms with E-state index in [0.29, 0.717) is 5.56 Å². The van der Waals surface area contributed by atoms with Crippen molar-refractivity contribution in [1.82, 2.24) is 0 Å². The molecule has 0 spiro atoms. The molecule has 1 rings (SSSR count). The van der Waals surface area contributed by atoms with Crippen LogP contribution in [0, 0.1) is 0 Å². The van der Waals surface area contributed by atoms with Gasteiger partial charge < -0.3 is 20.1 Å². The van der Waals surface area contributed by atoms with Crippen molar-refractivity contribution >= 4 is 5.97 Å². The Balaban J connectivity index is 2.98. The fourth-order valence-electron chi connectivity index (χ4n) is 1.45. The number of esters is 1. The van der Waals surface area contributed by atoms with E-state index in [0.717, 1.165) is 0 Å². The molecule has 0 saturated heterocycles. The van der Waals surface area contributed by atoms with Crippen LogP contribution in [-0.2, 0) is 11.2 Å². The number of phenolic OH excluding ortho intramolecular Hbond substituents is 1. The predicted molar refractivity (Wildman–Crippen MR) is 65.5 cm³/mol. The lowest BCUT2D eigenvalue weighted by molar-refractivity contribution is -0.0471. The van der Waals surface area contributed by atoms with Crippen molar-refractivity contribution in [3.63, 3.8) is 0 Å². The monoisotopic (exact) mass is 254 g/mol. The van der Waals surface area contributed by atoms with Crippen LogP contribution < -0.4 is 0 Å². The third-order valence-corrected chi connectivity index (χ3v) is 2.73. The van der Waals surface area contributed by atoms with Crippen LogP contribution >= 0.6 is 0 Å². The molecule has 0 amide bonds. The molecule has 0 heterocycles. The Morgan fingerprint density at radius 3 is 2.56 bits per heavy atom. The van der Waals surface area contributed by atoms with Crippen molar-refractivity contribution in [2.24, 2.45) is 0 Å². The van der Waals surface area contributed by atoms with Crippen LogP contribution in [0.5, 0.6) is 5.75 Å². The van der Waals surface area contributed by atoms with Crippen LogP contribution in [-0.4, -0.2) is 40.1 Å². The van der Waals surface area contributed by atoms with Gasteiger partial charge in [-0.2, -0.15) is 0 Å². The number of aliphatic hydroxyl groups excluding tert-OH is 1. The largest absolute Gasteiger partial charge is 0.508 e. The summed E-state index contributed by atoms with van der Waals surface area (Å²) in [6.07, 6.45) is -1.00. The molecule has 1 aromatic carbocycles. The topological polar surface area (TPSA) is 87.0 Å². The highest BCUT2D eigenvalue weighted by Crippen LogP contribution is 2.23. The van der Waals surface area contributed by atoms with Crippen molar-refractivity contribution in [1.29, 1.82) is 0 Å². The van der Waals surface area contributed by atoms with Crippen LogP contribution in [0.1, 0.15) is 29.8 Å². The second-order valence-electron chi connectivity index (χ2n) is 4.71. The Morgan fingerprint density at radius 2 is 2.06 bits per heavy atom. The second-order valence-corrected chi connectivity index (χ2v) is 4.71. The Bertz CT molecular complexity index is 433. The average Bonchev–Trinajstić information content (AvgIpc) is 2.29. The van der Waals surface area contributed by atoms with Crippen LogP contribution in [0.3, 0.4) is 0 Å². The maximum atomic E-state index is 11.3. The maximum absolute atomic E-state index is 11.3. The molecule has 1 aromatic rings. The van der Waals surface area contributed by atoms with Crippen molar-refractivity contribution in [3.05, 3.63) is 29.3 Å². The molecule has 0 radical (unpaired) electrons.